The minimum Gasteiger partial charge on any atom is -0.406 e. The largest absolute Gasteiger partial charge is 0.573 e. The second-order valence-corrected chi connectivity index (χ2v) is 4.02. The molecule has 0 aliphatic rings. The number of hydrogen-bond donors (Lipinski definition) is 0. The van der Waals surface area contributed by atoms with Gasteiger partial charge in [0, 0.05) is 0 Å². The summed E-state index contributed by atoms with van der Waals surface area (Å²) in [7, 11) is 0. The number of halogens is 3. The molecule has 0 N–H and O–H groups in total. The molecule has 19 heavy (non-hydrogen) atoms. The number of alkyl halides is 3. The van der Waals surface area contributed by atoms with E-state index in [0.29, 0.717) is 0 Å². The summed E-state index contributed by atoms with van der Waals surface area (Å²) in [4.78, 5) is 0. The van der Waals surface area contributed by atoms with Gasteiger partial charge in [-0.2, -0.15) is 0 Å². The van der Waals surface area contributed by atoms with Crippen LogP contribution in [-0.2, 0) is 0 Å². The molecule has 0 fully saturated rings. The van der Waals surface area contributed by atoms with Crippen LogP contribution in [0.15, 0.2) is 54.6 Å². The molecular formula is C15H15F3O. The van der Waals surface area contributed by atoms with Gasteiger partial charge in [0.1, 0.15) is 5.75 Å². The van der Waals surface area contributed by atoms with Gasteiger partial charge < -0.3 is 4.74 Å². The molecule has 0 spiro atoms. The minimum absolute atomic E-state index is 0.187. The summed E-state index contributed by atoms with van der Waals surface area (Å²) < 4.78 is 38.5. The normalized spacial score (nSPS) is 10.4. The summed E-state index contributed by atoms with van der Waals surface area (Å²) in [5.41, 5.74) is 2.21. The van der Waals surface area contributed by atoms with Crippen molar-refractivity contribution in [1.82, 2.24) is 0 Å². The Bertz CT molecular complexity index is 475. The predicted molar refractivity (Wildman–Crippen MR) is 69.0 cm³/mol. The van der Waals surface area contributed by atoms with E-state index in [0.717, 1.165) is 5.56 Å². The molecule has 0 aliphatic carbocycles. The molecule has 2 aromatic rings. The van der Waals surface area contributed by atoms with Crippen molar-refractivity contribution in [3.8, 4) is 5.75 Å². The highest BCUT2D eigenvalue weighted by molar-refractivity contribution is 5.26. The lowest BCUT2D eigenvalue weighted by molar-refractivity contribution is -0.274. The molecule has 0 atom stereocenters. The standard InChI is InChI=1S/C8H7F3O.C7H8/c1-6-2-4-7(5-3-6)12-8(9,10)11;1-7-5-3-2-4-6-7/h2-5H,1H3;2-6H,1H3. The first kappa shape index (κ1) is 15.1. The fourth-order valence-corrected chi connectivity index (χ4v) is 1.27. The van der Waals surface area contributed by atoms with Crippen molar-refractivity contribution in [2.75, 3.05) is 0 Å². The molecule has 0 saturated carbocycles. The van der Waals surface area contributed by atoms with Crippen LogP contribution in [0.4, 0.5) is 13.2 Å². The fourth-order valence-electron chi connectivity index (χ4n) is 1.27. The molecule has 0 heterocycles. The second kappa shape index (κ2) is 6.83. The predicted octanol–water partition coefficient (Wildman–Crippen LogP) is 4.89. The van der Waals surface area contributed by atoms with Crippen molar-refractivity contribution in [1.29, 1.82) is 0 Å². The molecule has 0 bridgehead atoms. The van der Waals surface area contributed by atoms with Gasteiger partial charge in [0.15, 0.2) is 0 Å². The van der Waals surface area contributed by atoms with Crippen LogP contribution in [0.5, 0.6) is 5.75 Å². The van der Waals surface area contributed by atoms with E-state index in [4.69, 9.17) is 0 Å². The Balaban J connectivity index is 0.000000218. The van der Waals surface area contributed by atoms with Gasteiger partial charge in [0.2, 0.25) is 0 Å². The molecule has 0 radical (unpaired) electrons. The van der Waals surface area contributed by atoms with Crippen LogP contribution in [0, 0.1) is 13.8 Å². The van der Waals surface area contributed by atoms with E-state index in [1.165, 1.54) is 17.7 Å². The Kier molecular flexibility index (Phi) is 5.42. The third-order valence-electron chi connectivity index (χ3n) is 2.20. The van der Waals surface area contributed by atoms with Crippen molar-refractivity contribution < 1.29 is 17.9 Å². The lowest BCUT2D eigenvalue weighted by atomic mass is 10.2. The monoisotopic (exact) mass is 268 g/mol. The van der Waals surface area contributed by atoms with Crippen LogP contribution >= 0.6 is 0 Å². The first-order valence-corrected chi connectivity index (χ1v) is 5.71. The van der Waals surface area contributed by atoms with Gasteiger partial charge in [-0.15, -0.1) is 13.2 Å². The first-order chi connectivity index (χ1) is 8.87. The highest BCUT2D eigenvalue weighted by Crippen LogP contribution is 2.22. The third-order valence-corrected chi connectivity index (χ3v) is 2.20. The summed E-state index contributed by atoms with van der Waals surface area (Å²) in [6.45, 7) is 3.87. The Morgan fingerprint density at radius 3 is 1.58 bits per heavy atom. The molecule has 1 nitrogen and oxygen atoms in total. The highest BCUT2D eigenvalue weighted by atomic mass is 19.4. The molecule has 4 heteroatoms. The van der Waals surface area contributed by atoms with Gasteiger partial charge in [-0.05, 0) is 26.0 Å². The zero-order valence-corrected chi connectivity index (χ0v) is 10.7. The quantitative estimate of drug-likeness (QED) is 0.715. The summed E-state index contributed by atoms with van der Waals surface area (Å²) in [5, 5.41) is 0. The molecule has 0 aliphatic heterocycles. The number of hydrogen-bond acceptors (Lipinski definition) is 1. The summed E-state index contributed by atoms with van der Waals surface area (Å²) >= 11 is 0. The van der Waals surface area contributed by atoms with Crippen LogP contribution in [0.2, 0.25) is 0 Å². The summed E-state index contributed by atoms with van der Waals surface area (Å²) in [6.07, 6.45) is -4.60. The summed E-state index contributed by atoms with van der Waals surface area (Å²) in [5.74, 6) is -0.187. The van der Waals surface area contributed by atoms with E-state index in [-0.39, 0.29) is 5.75 Å². The molecule has 0 saturated heterocycles. The van der Waals surface area contributed by atoms with Gasteiger partial charge in [-0.1, -0.05) is 53.6 Å². The van der Waals surface area contributed by atoms with Crippen molar-refractivity contribution in [3.63, 3.8) is 0 Å². The number of rotatable bonds is 1. The molecule has 2 aromatic carbocycles. The van der Waals surface area contributed by atoms with Gasteiger partial charge in [-0.25, -0.2) is 0 Å². The van der Waals surface area contributed by atoms with E-state index in [2.05, 4.69) is 23.8 Å². The van der Waals surface area contributed by atoms with Gasteiger partial charge in [-0.3, -0.25) is 0 Å². The van der Waals surface area contributed by atoms with Crippen LogP contribution in [0.25, 0.3) is 0 Å². The van der Waals surface area contributed by atoms with Gasteiger partial charge in [0.25, 0.3) is 0 Å². The summed E-state index contributed by atoms with van der Waals surface area (Å²) in [6, 6.07) is 15.9. The minimum atomic E-state index is -4.60. The Hall–Kier alpha value is -1.97. The van der Waals surface area contributed by atoms with E-state index in [9.17, 15) is 13.2 Å². The van der Waals surface area contributed by atoms with Gasteiger partial charge in [0.05, 0.1) is 0 Å². The van der Waals surface area contributed by atoms with Crippen molar-refractivity contribution in [3.05, 3.63) is 65.7 Å². The average Bonchev–Trinajstić information content (AvgIpc) is 2.32. The number of aryl methyl sites for hydroxylation is 2. The fraction of sp³-hybridized carbons (Fsp3) is 0.200. The van der Waals surface area contributed by atoms with E-state index < -0.39 is 6.36 Å². The maximum Gasteiger partial charge on any atom is 0.573 e. The zero-order valence-electron chi connectivity index (χ0n) is 10.7. The van der Waals surface area contributed by atoms with Crippen LogP contribution < -0.4 is 4.74 Å². The Morgan fingerprint density at radius 1 is 0.737 bits per heavy atom. The van der Waals surface area contributed by atoms with Crippen LogP contribution in [-0.4, -0.2) is 6.36 Å². The number of ether oxygens (including phenoxy) is 1. The van der Waals surface area contributed by atoms with E-state index in [1.54, 1.807) is 19.1 Å². The SMILES string of the molecule is Cc1ccc(OC(F)(F)F)cc1.Cc1ccccc1. The van der Waals surface area contributed by atoms with Crippen molar-refractivity contribution in [2.24, 2.45) is 0 Å². The average molecular weight is 268 g/mol. The maximum absolute atomic E-state index is 11.6. The molecular weight excluding hydrogens is 253 g/mol. The first-order valence-electron chi connectivity index (χ1n) is 5.71. The molecule has 0 amide bonds. The molecule has 0 unspecified atom stereocenters. The van der Waals surface area contributed by atoms with Crippen molar-refractivity contribution in [2.45, 2.75) is 20.2 Å². The Morgan fingerprint density at radius 2 is 1.21 bits per heavy atom. The van der Waals surface area contributed by atoms with Crippen molar-refractivity contribution >= 4 is 0 Å². The topological polar surface area (TPSA) is 9.23 Å². The zero-order chi connectivity index (χ0) is 14.3. The smallest absolute Gasteiger partial charge is 0.406 e. The van der Waals surface area contributed by atoms with Gasteiger partial charge >= 0.3 is 6.36 Å². The van der Waals surface area contributed by atoms with Crippen LogP contribution in [0.3, 0.4) is 0 Å². The van der Waals surface area contributed by atoms with E-state index >= 15 is 0 Å². The number of benzene rings is 2. The van der Waals surface area contributed by atoms with Crippen LogP contribution in [0.1, 0.15) is 11.1 Å². The highest BCUT2D eigenvalue weighted by Gasteiger charge is 2.30. The molecule has 0 aromatic heterocycles. The third kappa shape index (κ3) is 7.13. The molecule has 102 valence electrons. The van der Waals surface area contributed by atoms with E-state index in [1.807, 2.05) is 18.2 Å². The molecule has 2 rings (SSSR count). The Labute approximate surface area is 110 Å². The lowest BCUT2D eigenvalue weighted by Gasteiger charge is -2.08. The second-order valence-electron chi connectivity index (χ2n) is 4.02. The lowest BCUT2D eigenvalue weighted by Crippen LogP contribution is -2.16. The maximum atomic E-state index is 11.6.